The summed E-state index contributed by atoms with van der Waals surface area (Å²) in [5.41, 5.74) is 5.45. The van der Waals surface area contributed by atoms with E-state index in [1.165, 1.54) is 42.5 Å². The fourth-order valence-corrected chi connectivity index (χ4v) is 3.87. The van der Waals surface area contributed by atoms with E-state index in [1.807, 2.05) is 0 Å². The van der Waals surface area contributed by atoms with E-state index >= 15 is 0 Å². The predicted molar refractivity (Wildman–Crippen MR) is 113 cm³/mol. The van der Waals surface area contributed by atoms with Crippen LogP contribution in [0.4, 0.5) is 23.2 Å². The molecular weight excluding hydrogens is 440 g/mol. The largest absolute Gasteiger partial charge is 0.493 e. The van der Waals surface area contributed by atoms with Crippen molar-refractivity contribution in [1.82, 2.24) is 0 Å². The Bertz CT molecular complexity index is 1240. The van der Waals surface area contributed by atoms with E-state index in [9.17, 15) is 27.2 Å². The van der Waals surface area contributed by atoms with Crippen molar-refractivity contribution in [3.63, 3.8) is 0 Å². The van der Waals surface area contributed by atoms with Gasteiger partial charge >= 0.3 is 6.18 Å². The maximum atomic E-state index is 13.7. The third-order valence-electron chi connectivity index (χ3n) is 5.42. The van der Waals surface area contributed by atoms with E-state index in [-0.39, 0.29) is 34.7 Å². The fraction of sp³-hybridized carbons (Fsp3) is 0.167. The third kappa shape index (κ3) is 4.67. The number of alkyl halides is 3. The van der Waals surface area contributed by atoms with Crippen molar-refractivity contribution in [2.75, 3.05) is 11.9 Å². The molecular formula is C24H18F4N2O3. The minimum Gasteiger partial charge on any atom is -0.493 e. The van der Waals surface area contributed by atoms with Gasteiger partial charge in [0, 0.05) is 34.4 Å². The lowest BCUT2D eigenvalue weighted by atomic mass is 9.83. The Hall–Kier alpha value is -3.88. The summed E-state index contributed by atoms with van der Waals surface area (Å²) in [5.74, 6) is -2.27. The van der Waals surface area contributed by atoms with Gasteiger partial charge in [0.25, 0.3) is 5.91 Å². The number of hydrogen-bond donors (Lipinski definition) is 2. The number of primary amides is 1. The number of nitrogens with two attached hydrogens (primary N) is 1. The summed E-state index contributed by atoms with van der Waals surface area (Å²) < 4.78 is 59.5. The quantitative estimate of drug-likeness (QED) is 0.533. The van der Waals surface area contributed by atoms with Crippen LogP contribution in [0.25, 0.3) is 0 Å². The van der Waals surface area contributed by atoms with Crippen molar-refractivity contribution in [1.29, 1.82) is 0 Å². The zero-order valence-electron chi connectivity index (χ0n) is 17.1. The average molecular weight is 458 g/mol. The molecule has 0 spiro atoms. The van der Waals surface area contributed by atoms with Gasteiger partial charge in [0.05, 0.1) is 12.2 Å². The first-order chi connectivity index (χ1) is 15.6. The molecule has 33 heavy (non-hydrogen) atoms. The highest BCUT2D eigenvalue weighted by Crippen LogP contribution is 2.42. The lowest BCUT2D eigenvalue weighted by molar-refractivity contribution is -0.137. The summed E-state index contributed by atoms with van der Waals surface area (Å²) in [6, 6.07) is 12.6. The second-order valence-electron chi connectivity index (χ2n) is 7.57. The van der Waals surface area contributed by atoms with Crippen molar-refractivity contribution in [2.24, 2.45) is 5.73 Å². The van der Waals surface area contributed by atoms with Gasteiger partial charge < -0.3 is 15.8 Å². The molecule has 3 N–H and O–H groups in total. The molecule has 3 aromatic carbocycles. The number of rotatable bonds is 4. The first-order valence-electron chi connectivity index (χ1n) is 9.98. The summed E-state index contributed by atoms with van der Waals surface area (Å²) in [7, 11) is 0. The maximum Gasteiger partial charge on any atom is 0.416 e. The molecule has 9 heteroatoms. The SMILES string of the molecule is NC(=O)c1cccc(NC(=O)c2ccc(C(F)(F)F)cc2C2CCOc3cc(F)ccc32)c1. The Kier molecular flexibility index (Phi) is 5.80. The van der Waals surface area contributed by atoms with Gasteiger partial charge in [-0.05, 0) is 54.4 Å². The molecule has 1 atom stereocenters. The normalized spacial score (nSPS) is 15.3. The van der Waals surface area contributed by atoms with Gasteiger partial charge in [0.15, 0.2) is 0 Å². The molecule has 0 bridgehead atoms. The highest BCUT2D eigenvalue weighted by Gasteiger charge is 2.34. The Balaban J connectivity index is 1.78. The molecule has 170 valence electrons. The number of halogens is 4. The zero-order chi connectivity index (χ0) is 23.8. The van der Waals surface area contributed by atoms with E-state index in [0.29, 0.717) is 12.0 Å². The van der Waals surface area contributed by atoms with Gasteiger partial charge in [-0.1, -0.05) is 12.1 Å². The molecule has 0 aromatic heterocycles. The second kappa shape index (κ2) is 8.57. The molecule has 2 amide bonds. The van der Waals surface area contributed by atoms with Crippen molar-refractivity contribution in [2.45, 2.75) is 18.5 Å². The van der Waals surface area contributed by atoms with Crippen molar-refractivity contribution >= 4 is 17.5 Å². The fourth-order valence-electron chi connectivity index (χ4n) is 3.87. The van der Waals surface area contributed by atoms with Gasteiger partial charge in [-0.25, -0.2) is 4.39 Å². The van der Waals surface area contributed by atoms with Gasteiger partial charge in [-0.3, -0.25) is 9.59 Å². The molecule has 1 aliphatic rings. The molecule has 1 heterocycles. The Morgan fingerprint density at radius 2 is 1.79 bits per heavy atom. The molecule has 4 rings (SSSR count). The topological polar surface area (TPSA) is 81.4 Å². The van der Waals surface area contributed by atoms with Gasteiger partial charge in [-0.15, -0.1) is 0 Å². The van der Waals surface area contributed by atoms with Crippen LogP contribution in [0.15, 0.2) is 60.7 Å². The lowest BCUT2D eigenvalue weighted by Gasteiger charge is -2.28. The third-order valence-corrected chi connectivity index (χ3v) is 5.42. The standard InChI is InChI=1S/C24H18F4N2O3/c25-15-5-7-18-17(8-9-33-21(18)12-15)20-11-14(24(26,27)28)4-6-19(20)23(32)30-16-3-1-2-13(10-16)22(29)31/h1-7,10-12,17H,8-9H2,(H2,29,31)(H,30,32). The van der Waals surface area contributed by atoms with Crippen LogP contribution in [0.2, 0.25) is 0 Å². The summed E-state index contributed by atoms with van der Waals surface area (Å²) in [5, 5.41) is 2.61. The van der Waals surface area contributed by atoms with Crippen LogP contribution in [0.5, 0.6) is 5.75 Å². The molecule has 1 unspecified atom stereocenters. The summed E-state index contributed by atoms with van der Waals surface area (Å²) in [6.07, 6.45) is -4.31. The zero-order valence-corrected chi connectivity index (χ0v) is 17.1. The van der Waals surface area contributed by atoms with Crippen LogP contribution in [-0.4, -0.2) is 18.4 Å². The Morgan fingerprint density at radius 1 is 1.00 bits per heavy atom. The smallest absolute Gasteiger partial charge is 0.416 e. The molecule has 1 aliphatic heterocycles. The molecule has 0 saturated heterocycles. The van der Waals surface area contributed by atoms with Crippen LogP contribution in [0.3, 0.4) is 0 Å². The van der Waals surface area contributed by atoms with E-state index in [1.54, 1.807) is 0 Å². The van der Waals surface area contributed by atoms with Crippen molar-refractivity contribution in [3.05, 3.63) is 94.3 Å². The van der Waals surface area contributed by atoms with Gasteiger partial charge in [0.2, 0.25) is 5.91 Å². The number of anilines is 1. The minimum atomic E-state index is -4.61. The number of benzene rings is 3. The Labute approximate surface area is 186 Å². The number of hydrogen-bond acceptors (Lipinski definition) is 3. The average Bonchev–Trinajstić information content (AvgIpc) is 2.77. The summed E-state index contributed by atoms with van der Waals surface area (Å²) >= 11 is 0. The van der Waals surface area contributed by atoms with Crippen LogP contribution < -0.4 is 15.8 Å². The summed E-state index contributed by atoms with van der Waals surface area (Å²) in [6.45, 7) is 0.152. The number of ether oxygens (including phenoxy) is 1. The second-order valence-corrected chi connectivity index (χ2v) is 7.57. The monoisotopic (exact) mass is 458 g/mol. The molecule has 0 radical (unpaired) electrons. The minimum absolute atomic E-state index is 0.0228. The maximum absolute atomic E-state index is 13.7. The van der Waals surface area contributed by atoms with E-state index in [2.05, 4.69) is 5.32 Å². The molecule has 5 nitrogen and oxygen atoms in total. The van der Waals surface area contributed by atoms with E-state index in [0.717, 1.165) is 18.2 Å². The molecule has 0 fully saturated rings. The number of nitrogens with one attached hydrogen (secondary N) is 1. The Morgan fingerprint density at radius 3 is 2.52 bits per heavy atom. The number of fused-ring (bicyclic) bond motifs is 1. The predicted octanol–water partition coefficient (Wildman–Crippen LogP) is 5.11. The highest BCUT2D eigenvalue weighted by molar-refractivity contribution is 6.06. The number of carbonyl (C=O) groups is 2. The van der Waals surface area contributed by atoms with Gasteiger partial charge in [0.1, 0.15) is 11.6 Å². The van der Waals surface area contributed by atoms with Crippen LogP contribution in [0.1, 0.15) is 49.7 Å². The first-order valence-corrected chi connectivity index (χ1v) is 9.98. The number of amides is 2. The molecule has 0 saturated carbocycles. The lowest BCUT2D eigenvalue weighted by Crippen LogP contribution is -2.21. The van der Waals surface area contributed by atoms with Crippen molar-refractivity contribution < 1.29 is 31.9 Å². The molecule has 3 aromatic rings. The van der Waals surface area contributed by atoms with E-state index < -0.39 is 35.3 Å². The highest BCUT2D eigenvalue weighted by atomic mass is 19.4. The first kappa shape index (κ1) is 22.3. The van der Waals surface area contributed by atoms with Crippen LogP contribution in [-0.2, 0) is 6.18 Å². The van der Waals surface area contributed by atoms with Crippen LogP contribution in [0, 0.1) is 5.82 Å². The number of carbonyl (C=O) groups excluding carboxylic acids is 2. The van der Waals surface area contributed by atoms with Crippen molar-refractivity contribution in [3.8, 4) is 5.75 Å². The van der Waals surface area contributed by atoms with E-state index in [4.69, 9.17) is 10.5 Å². The summed E-state index contributed by atoms with van der Waals surface area (Å²) in [4.78, 5) is 24.5. The van der Waals surface area contributed by atoms with Crippen LogP contribution >= 0.6 is 0 Å². The molecule has 0 aliphatic carbocycles. The van der Waals surface area contributed by atoms with Gasteiger partial charge in [-0.2, -0.15) is 13.2 Å².